The molecule has 0 aromatic heterocycles. The van der Waals surface area contributed by atoms with Gasteiger partial charge in [0.1, 0.15) is 11.6 Å². The molecule has 0 fully saturated rings. The van der Waals surface area contributed by atoms with Gasteiger partial charge < -0.3 is 24.8 Å². The van der Waals surface area contributed by atoms with Crippen molar-refractivity contribution in [3.63, 3.8) is 0 Å². The molecule has 4 aromatic rings. The predicted octanol–water partition coefficient (Wildman–Crippen LogP) is 2.07. The first kappa shape index (κ1) is 35.9. The fraction of sp³-hybridized carbons (Fsp3) is 0.111. The van der Waals surface area contributed by atoms with E-state index in [1.165, 1.54) is 35.4 Å². The third kappa shape index (κ3) is 10.5. The van der Waals surface area contributed by atoms with Crippen LogP contribution >= 0.6 is 0 Å². The fourth-order valence-electron chi connectivity index (χ4n) is 4.41. The van der Waals surface area contributed by atoms with E-state index in [1.54, 1.807) is 54.7 Å². The van der Waals surface area contributed by atoms with E-state index in [1.807, 2.05) is 13.8 Å². The van der Waals surface area contributed by atoms with Crippen LogP contribution in [0.25, 0.3) is 11.1 Å². The number of benzene rings is 4. The molecule has 0 spiro atoms. The summed E-state index contributed by atoms with van der Waals surface area (Å²) < 4.78 is 28.4. The van der Waals surface area contributed by atoms with Crippen LogP contribution in [0, 0.1) is 23.8 Å². The van der Waals surface area contributed by atoms with Crippen molar-refractivity contribution in [3.8, 4) is 0 Å². The van der Waals surface area contributed by atoms with E-state index in [0.29, 0.717) is 0 Å². The standard InChI is InChI=1S/2C12H10F.C12H10Ge.2ClH.Zr/c2*1-9-3-2-4-12(9)10-5-7-11(13)8-6-10;1-3-7-11(8-4-1)13-12-9-5-2-6-10-12;;;/h2*4-8H,2H2,1H3;1-10H;2*1H;/q2*-1;;;;+2/p-2. The first-order valence-corrected chi connectivity index (χ1v) is 22.7. The van der Waals surface area contributed by atoms with Crippen LogP contribution in [-0.2, 0) is 21.6 Å². The first-order chi connectivity index (χ1) is 19.4. The number of halogens is 4. The third-order valence-electron chi connectivity index (χ3n) is 6.59. The van der Waals surface area contributed by atoms with Gasteiger partial charge in [0.05, 0.1) is 0 Å². The number of hydrogen-bond donors (Lipinski definition) is 0. The Morgan fingerprint density at radius 2 is 0.881 bits per heavy atom. The zero-order valence-corrected chi connectivity index (χ0v) is 29.5. The second kappa shape index (κ2) is 18.4. The molecule has 0 radical (unpaired) electrons. The van der Waals surface area contributed by atoms with E-state index in [-0.39, 0.29) is 36.4 Å². The molecule has 2 aliphatic rings. The van der Waals surface area contributed by atoms with Crippen LogP contribution in [0.1, 0.15) is 37.8 Å². The summed E-state index contributed by atoms with van der Waals surface area (Å²) >= 11 is 1.71. The Labute approximate surface area is 277 Å². The molecule has 212 valence electrons. The van der Waals surface area contributed by atoms with Gasteiger partial charge in [0.2, 0.25) is 0 Å². The molecule has 0 nitrogen and oxygen atoms in total. The maximum absolute atomic E-state index is 12.6. The van der Waals surface area contributed by atoms with Gasteiger partial charge in [0.15, 0.2) is 0 Å². The summed E-state index contributed by atoms with van der Waals surface area (Å²) in [4.78, 5) is 0. The van der Waals surface area contributed by atoms with Gasteiger partial charge in [-0.1, -0.05) is 38.1 Å². The second-order valence-electron chi connectivity index (χ2n) is 9.37. The number of rotatable bonds is 4. The molecule has 4 aromatic carbocycles. The maximum atomic E-state index is 12.6. The Hall–Kier alpha value is -2.29. The fourth-order valence-corrected chi connectivity index (χ4v) is 11.6. The molecule has 0 saturated carbocycles. The third-order valence-corrected chi connectivity index (χ3v) is 17.8. The minimum absolute atomic E-state index is 0. The molecule has 0 N–H and O–H groups in total. The Morgan fingerprint density at radius 3 is 1.17 bits per heavy atom. The van der Waals surface area contributed by atoms with Crippen molar-refractivity contribution in [2.45, 2.75) is 26.7 Å². The van der Waals surface area contributed by atoms with Gasteiger partial charge >= 0.3 is 101 Å². The van der Waals surface area contributed by atoms with Gasteiger partial charge in [-0.25, -0.2) is 19.9 Å². The molecule has 0 heterocycles. The zero-order valence-electron chi connectivity index (χ0n) is 23.5. The quantitative estimate of drug-likeness (QED) is 0.223. The molecule has 0 aliphatic heterocycles. The van der Waals surface area contributed by atoms with Gasteiger partial charge in [-0.2, -0.15) is 23.3 Å². The topological polar surface area (TPSA) is 0 Å². The van der Waals surface area contributed by atoms with E-state index in [9.17, 15) is 8.78 Å². The van der Waals surface area contributed by atoms with Crippen LogP contribution in [0.2, 0.25) is 0 Å². The predicted molar refractivity (Wildman–Crippen MR) is 161 cm³/mol. The normalized spacial score (nSPS) is 12.9. The van der Waals surface area contributed by atoms with Gasteiger partial charge in [-0.05, 0) is 24.3 Å². The van der Waals surface area contributed by atoms with Crippen molar-refractivity contribution < 1.29 is 55.2 Å². The SMILES string of the molecule is CC1=[C-]CC=C1c1ccc(F)cc1.CC1=[C-]CC=C1c1ccc(F)cc1.[Cl-].[Cl-].[Zr+2]=[Ge]([c]1ccccc1)[c]1ccccc1. The van der Waals surface area contributed by atoms with Gasteiger partial charge in [-0.15, -0.1) is 24.0 Å². The van der Waals surface area contributed by atoms with Gasteiger partial charge in [0.25, 0.3) is 0 Å². The molecular weight excluding hydrogens is 705 g/mol. The van der Waals surface area contributed by atoms with Gasteiger partial charge in [0, 0.05) is 0 Å². The summed E-state index contributed by atoms with van der Waals surface area (Å²) in [5.74, 6) is -0.374. The summed E-state index contributed by atoms with van der Waals surface area (Å²) in [7, 11) is -1.11. The molecule has 6 heteroatoms. The molecular formula is C36H30Cl2F2GeZr-2. The zero-order chi connectivity index (χ0) is 28.3. The summed E-state index contributed by atoms with van der Waals surface area (Å²) in [5, 5.41) is 0. The van der Waals surface area contributed by atoms with Crippen molar-refractivity contribution >= 4 is 29.9 Å². The number of allylic oxidation sites excluding steroid dienone is 8. The van der Waals surface area contributed by atoms with Crippen molar-refractivity contribution in [1.82, 2.24) is 0 Å². The van der Waals surface area contributed by atoms with E-state index >= 15 is 0 Å². The molecule has 0 bridgehead atoms. The second-order valence-corrected chi connectivity index (χ2v) is 19.8. The molecule has 0 saturated heterocycles. The summed E-state index contributed by atoms with van der Waals surface area (Å²) in [6.45, 7) is 4.06. The van der Waals surface area contributed by atoms with E-state index in [4.69, 9.17) is 0 Å². The monoisotopic (exact) mass is 734 g/mol. The first-order valence-electron chi connectivity index (χ1n) is 13.2. The van der Waals surface area contributed by atoms with E-state index < -0.39 is 9.98 Å². The average Bonchev–Trinajstić information content (AvgIpc) is 3.63. The van der Waals surface area contributed by atoms with Crippen LogP contribution in [-0.4, -0.2) is 9.98 Å². The average molecular weight is 735 g/mol. The van der Waals surface area contributed by atoms with Crippen LogP contribution in [0.15, 0.2) is 132 Å². The van der Waals surface area contributed by atoms with Crippen LogP contribution in [0.5, 0.6) is 0 Å². The molecule has 2 aliphatic carbocycles. The minimum atomic E-state index is -1.11. The Morgan fingerprint density at radius 1 is 0.548 bits per heavy atom. The van der Waals surface area contributed by atoms with E-state index in [0.717, 1.165) is 35.1 Å². The van der Waals surface area contributed by atoms with Crippen LogP contribution in [0.3, 0.4) is 0 Å². The Bertz CT molecular complexity index is 1440. The summed E-state index contributed by atoms with van der Waals surface area (Å²) in [6, 6.07) is 35.0. The van der Waals surface area contributed by atoms with Crippen molar-refractivity contribution in [2.24, 2.45) is 0 Å². The number of hydrogen-bond acceptors (Lipinski definition) is 0. The van der Waals surface area contributed by atoms with Crippen molar-refractivity contribution in [3.05, 3.63) is 167 Å². The van der Waals surface area contributed by atoms with Crippen LogP contribution in [0.4, 0.5) is 8.78 Å². The Balaban J connectivity index is 0.000000215. The Kier molecular flexibility index (Phi) is 15.7. The molecule has 0 unspecified atom stereocenters. The van der Waals surface area contributed by atoms with Crippen molar-refractivity contribution in [2.75, 3.05) is 0 Å². The summed E-state index contributed by atoms with van der Waals surface area (Å²) in [6.07, 6.45) is 12.4. The van der Waals surface area contributed by atoms with Gasteiger partial charge in [-0.3, -0.25) is 12.2 Å². The van der Waals surface area contributed by atoms with E-state index in [2.05, 4.69) is 85.0 Å². The molecule has 0 amide bonds. The van der Waals surface area contributed by atoms with Crippen LogP contribution < -0.4 is 33.6 Å². The van der Waals surface area contributed by atoms with Crippen molar-refractivity contribution in [1.29, 1.82) is 0 Å². The molecule has 0 atom stereocenters. The summed E-state index contributed by atoms with van der Waals surface area (Å²) in [5.41, 5.74) is 6.83. The molecule has 42 heavy (non-hydrogen) atoms. The molecule has 6 rings (SSSR count).